The van der Waals surface area contributed by atoms with Gasteiger partial charge in [-0.1, -0.05) is 22.0 Å². The number of hydrogen-bond acceptors (Lipinski definition) is 3. The zero-order valence-corrected chi connectivity index (χ0v) is 12.4. The quantitative estimate of drug-likeness (QED) is 0.831. The Morgan fingerprint density at radius 1 is 1.16 bits per heavy atom. The van der Waals surface area contributed by atoms with Gasteiger partial charge in [0.2, 0.25) is 5.88 Å². The van der Waals surface area contributed by atoms with Gasteiger partial charge in [0.15, 0.2) is 0 Å². The van der Waals surface area contributed by atoms with E-state index in [1.807, 2.05) is 25.1 Å². The van der Waals surface area contributed by atoms with E-state index in [2.05, 4.69) is 25.9 Å². The van der Waals surface area contributed by atoms with E-state index in [1.165, 1.54) is 18.4 Å². The lowest BCUT2D eigenvalue weighted by Gasteiger charge is -2.17. The summed E-state index contributed by atoms with van der Waals surface area (Å²) in [6.07, 6.45) is 6.05. The van der Waals surface area contributed by atoms with Gasteiger partial charge in [-0.25, -0.2) is 9.97 Å². The van der Waals surface area contributed by atoms with Crippen LogP contribution in [0.3, 0.4) is 0 Å². The monoisotopic (exact) mass is 318 g/mol. The van der Waals surface area contributed by atoms with E-state index in [9.17, 15) is 0 Å². The summed E-state index contributed by atoms with van der Waals surface area (Å²) in [4.78, 5) is 8.67. The van der Waals surface area contributed by atoms with Crippen LogP contribution in [0.5, 0.6) is 11.6 Å². The summed E-state index contributed by atoms with van der Waals surface area (Å²) < 4.78 is 7.02. The molecule has 0 aliphatic heterocycles. The number of ether oxygens (including phenoxy) is 1. The van der Waals surface area contributed by atoms with Crippen LogP contribution in [0.1, 0.15) is 29.7 Å². The van der Waals surface area contributed by atoms with Crippen molar-refractivity contribution in [3.63, 3.8) is 0 Å². The summed E-state index contributed by atoms with van der Waals surface area (Å²) in [5, 5.41) is 0. The van der Waals surface area contributed by atoms with Gasteiger partial charge in [-0.3, -0.25) is 0 Å². The lowest BCUT2D eigenvalue weighted by Crippen LogP contribution is -2.08. The normalized spacial score (nSPS) is 14.0. The molecule has 0 spiro atoms. The summed E-state index contributed by atoms with van der Waals surface area (Å²) in [6.45, 7) is 2.04. The van der Waals surface area contributed by atoms with E-state index in [0.29, 0.717) is 5.88 Å². The largest absolute Gasteiger partial charge is 0.438 e. The predicted octanol–water partition coefficient (Wildman–Crippen LogP) is 4.22. The van der Waals surface area contributed by atoms with Gasteiger partial charge < -0.3 is 4.74 Å². The van der Waals surface area contributed by atoms with Gasteiger partial charge in [0, 0.05) is 10.0 Å². The van der Waals surface area contributed by atoms with Crippen molar-refractivity contribution in [2.45, 2.75) is 32.6 Å². The Bertz CT molecular complexity index is 613. The minimum atomic E-state index is 0.714. The van der Waals surface area contributed by atoms with Gasteiger partial charge >= 0.3 is 0 Å². The van der Waals surface area contributed by atoms with Crippen LogP contribution in [0.25, 0.3) is 0 Å². The van der Waals surface area contributed by atoms with E-state index >= 15 is 0 Å². The molecule has 0 amide bonds. The van der Waals surface area contributed by atoms with Gasteiger partial charge in [0.25, 0.3) is 0 Å². The molecule has 0 N–H and O–H groups in total. The molecule has 0 saturated carbocycles. The Balaban J connectivity index is 1.97. The minimum Gasteiger partial charge on any atom is -0.438 e. The third-order valence-corrected chi connectivity index (χ3v) is 3.94. The van der Waals surface area contributed by atoms with Crippen molar-refractivity contribution in [1.29, 1.82) is 0 Å². The maximum absolute atomic E-state index is 6.01. The number of rotatable bonds is 2. The molecule has 1 aromatic heterocycles. The number of halogens is 1. The average molecular weight is 319 g/mol. The average Bonchev–Trinajstić information content (AvgIpc) is 2.43. The third-order valence-electron chi connectivity index (χ3n) is 3.44. The number of benzene rings is 1. The molecule has 1 aromatic carbocycles. The Hall–Kier alpha value is -1.42. The van der Waals surface area contributed by atoms with Crippen LogP contribution in [0.4, 0.5) is 0 Å². The van der Waals surface area contributed by atoms with E-state index in [0.717, 1.165) is 34.3 Å². The van der Waals surface area contributed by atoms with Crippen LogP contribution in [-0.2, 0) is 12.8 Å². The van der Waals surface area contributed by atoms with Crippen molar-refractivity contribution in [2.24, 2.45) is 0 Å². The van der Waals surface area contributed by atoms with Gasteiger partial charge in [0.05, 0.1) is 5.69 Å². The molecule has 0 bridgehead atoms. The number of aromatic nitrogens is 2. The Morgan fingerprint density at radius 3 is 2.89 bits per heavy atom. The maximum atomic E-state index is 6.01. The first-order valence-electron chi connectivity index (χ1n) is 6.51. The SMILES string of the molecule is Cc1ccc(Br)cc1Oc1ncnc2c1CCCC2. The first-order valence-corrected chi connectivity index (χ1v) is 7.30. The van der Waals surface area contributed by atoms with Gasteiger partial charge in [-0.05, 0) is 50.3 Å². The molecule has 0 fully saturated rings. The molecule has 0 unspecified atom stereocenters. The lowest BCUT2D eigenvalue weighted by atomic mass is 9.97. The fraction of sp³-hybridized carbons (Fsp3) is 0.333. The molecule has 2 aromatic rings. The molecule has 0 saturated heterocycles. The Labute approximate surface area is 121 Å². The van der Waals surface area contributed by atoms with E-state index in [1.54, 1.807) is 6.33 Å². The standard InChI is InChI=1S/C15H15BrN2O/c1-10-6-7-11(16)8-14(10)19-15-12-4-2-3-5-13(12)17-9-18-15/h6-9H,2-5H2,1H3. The van der Waals surface area contributed by atoms with E-state index in [4.69, 9.17) is 4.74 Å². The fourth-order valence-corrected chi connectivity index (χ4v) is 2.71. The molecule has 3 rings (SSSR count). The minimum absolute atomic E-state index is 0.714. The summed E-state index contributed by atoms with van der Waals surface area (Å²) in [7, 11) is 0. The van der Waals surface area contributed by atoms with Crippen molar-refractivity contribution in [3.8, 4) is 11.6 Å². The summed E-state index contributed by atoms with van der Waals surface area (Å²) in [5.74, 6) is 1.56. The fourth-order valence-electron chi connectivity index (χ4n) is 2.37. The molecular weight excluding hydrogens is 304 g/mol. The van der Waals surface area contributed by atoms with Crippen molar-refractivity contribution >= 4 is 15.9 Å². The second-order valence-electron chi connectivity index (χ2n) is 4.82. The Kier molecular flexibility index (Phi) is 3.51. The van der Waals surface area contributed by atoms with Gasteiger partial charge in [0.1, 0.15) is 12.1 Å². The molecule has 1 heterocycles. The first-order chi connectivity index (χ1) is 9.24. The predicted molar refractivity (Wildman–Crippen MR) is 77.6 cm³/mol. The third kappa shape index (κ3) is 2.63. The second-order valence-corrected chi connectivity index (χ2v) is 5.74. The lowest BCUT2D eigenvalue weighted by molar-refractivity contribution is 0.443. The van der Waals surface area contributed by atoms with Crippen LogP contribution in [0.15, 0.2) is 29.0 Å². The van der Waals surface area contributed by atoms with Crippen LogP contribution in [-0.4, -0.2) is 9.97 Å². The highest BCUT2D eigenvalue weighted by Gasteiger charge is 2.17. The second kappa shape index (κ2) is 5.29. The zero-order chi connectivity index (χ0) is 13.2. The molecule has 0 atom stereocenters. The summed E-state index contributed by atoms with van der Waals surface area (Å²) >= 11 is 3.47. The molecule has 0 radical (unpaired) electrons. The zero-order valence-electron chi connectivity index (χ0n) is 10.8. The molecule has 3 nitrogen and oxygen atoms in total. The summed E-state index contributed by atoms with van der Waals surface area (Å²) in [6, 6.07) is 6.03. The molecule has 1 aliphatic rings. The number of fused-ring (bicyclic) bond motifs is 1. The van der Waals surface area contributed by atoms with Crippen molar-refractivity contribution < 1.29 is 4.74 Å². The number of nitrogens with zero attached hydrogens (tertiary/aromatic N) is 2. The Morgan fingerprint density at radius 2 is 2.00 bits per heavy atom. The van der Waals surface area contributed by atoms with Crippen molar-refractivity contribution in [3.05, 3.63) is 45.8 Å². The van der Waals surface area contributed by atoms with Crippen LogP contribution < -0.4 is 4.74 Å². The highest BCUT2D eigenvalue weighted by molar-refractivity contribution is 9.10. The van der Waals surface area contributed by atoms with Crippen molar-refractivity contribution in [1.82, 2.24) is 9.97 Å². The summed E-state index contributed by atoms with van der Waals surface area (Å²) in [5.41, 5.74) is 3.42. The molecule has 1 aliphatic carbocycles. The number of hydrogen-bond donors (Lipinski definition) is 0. The van der Waals surface area contributed by atoms with Gasteiger partial charge in [-0.2, -0.15) is 0 Å². The maximum Gasteiger partial charge on any atom is 0.225 e. The number of aryl methyl sites for hydroxylation is 2. The highest BCUT2D eigenvalue weighted by atomic mass is 79.9. The van der Waals surface area contributed by atoms with E-state index < -0.39 is 0 Å². The van der Waals surface area contributed by atoms with E-state index in [-0.39, 0.29) is 0 Å². The highest BCUT2D eigenvalue weighted by Crippen LogP contribution is 2.32. The first kappa shape index (κ1) is 12.6. The van der Waals surface area contributed by atoms with Crippen LogP contribution in [0.2, 0.25) is 0 Å². The molecule has 19 heavy (non-hydrogen) atoms. The molecule has 4 heteroatoms. The topological polar surface area (TPSA) is 35.0 Å². The van der Waals surface area contributed by atoms with Crippen LogP contribution in [0, 0.1) is 6.92 Å². The van der Waals surface area contributed by atoms with Crippen LogP contribution >= 0.6 is 15.9 Å². The van der Waals surface area contributed by atoms with Crippen molar-refractivity contribution in [2.75, 3.05) is 0 Å². The van der Waals surface area contributed by atoms with Gasteiger partial charge in [-0.15, -0.1) is 0 Å². The molecule has 98 valence electrons. The smallest absolute Gasteiger partial charge is 0.225 e. The molecular formula is C15H15BrN2O.